The molecule has 16 heavy (non-hydrogen) atoms. The standard InChI is InChI=1S/C12H17N4/c1-2-6-15(5-1)11-9-13-10-14-12(11)16-7-3-4-8-16/h9H,1-8H2. The molecule has 0 N–H and O–H groups in total. The van der Waals surface area contributed by atoms with Gasteiger partial charge < -0.3 is 9.80 Å². The van der Waals surface area contributed by atoms with Crippen LogP contribution in [0.4, 0.5) is 11.5 Å². The Morgan fingerprint density at radius 2 is 1.56 bits per heavy atom. The third kappa shape index (κ3) is 1.72. The van der Waals surface area contributed by atoms with Gasteiger partial charge in [0.25, 0.3) is 0 Å². The van der Waals surface area contributed by atoms with E-state index in [1.807, 2.05) is 6.20 Å². The molecule has 0 amide bonds. The van der Waals surface area contributed by atoms with E-state index in [2.05, 4.69) is 26.1 Å². The van der Waals surface area contributed by atoms with Gasteiger partial charge in [-0.15, -0.1) is 0 Å². The summed E-state index contributed by atoms with van der Waals surface area (Å²) in [6.07, 6.45) is 9.80. The molecule has 0 saturated carbocycles. The van der Waals surface area contributed by atoms with E-state index >= 15 is 0 Å². The van der Waals surface area contributed by atoms with Crippen molar-refractivity contribution in [2.75, 3.05) is 36.0 Å². The molecule has 0 spiro atoms. The number of anilines is 2. The first kappa shape index (κ1) is 9.87. The van der Waals surface area contributed by atoms with E-state index in [-0.39, 0.29) is 0 Å². The van der Waals surface area contributed by atoms with Crippen LogP contribution in [0.15, 0.2) is 6.20 Å². The van der Waals surface area contributed by atoms with Crippen LogP contribution in [0.2, 0.25) is 0 Å². The van der Waals surface area contributed by atoms with E-state index in [0.29, 0.717) is 0 Å². The maximum absolute atomic E-state index is 4.35. The lowest BCUT2D eigenvalue weighted by Crippen LogP contribution is -2.25. The summed E-state index contributed by atoms with van der Waals surface area (Å²) in [6.45, 7) is 4.56. The van der Waals surface area contributed by atoms with Gasteiger partial charge in [0.15, 0.2) is 12.1 Å². The molecular weight excluding hydrogens is 200 g/mol. The van der Waals surface area contributed by atoms with Gasteiger partial charge >= 0.3 is 0 Å². The molecule has 2 aliphatic heterocycles. The lowest BCUT2D eigenvalue weighted by Gasteiger charge is -2.24. The van der Waals surface area contributed by atoms with Crippen molar-refractivity contribution < 1.29 is 0 Å². The first-order valence-corrected chi connectivity index (χ1v) is 6.18. The maximum Gasteiger partial charge on any atom is 0.199 e. The van der Waals surface area contributed by atoms with Crippen LogP contribution >= 0.6 is 0 Å². The van der Waals surface area contributed by atoms with Gasteiger partial charge in [0, 0.05) is 26.2 Å². The largest absolute Gasteiger partial charge is 0.367 e. The fourth-order valence-electron chi connectivity index (χ4n) is 2.62. The zero-order valence-corrected chi connectivity index (χ0v) is 9.52. The zero-order valence-electron chi connectivity index (χ0n) is 9.52. The Balaban J connectivity index is 1.90. The number of aromatic nitrogens is 2. The highest BCUT2D eigenvalue weighted by Gasteiger charge is 2.22. The van der Waals surface area contributed by atoms with Crippen LogP contribution in [-0.2, 0) is 0 Å². The number of nitrogens with zero attached hydrogens (tertiary/aromatic N) is 4. The van der Waals surface area contributed by atoms with E-state index in [9.17, 15) is 0 Å². The summed E-state index contributed by atoms with van der Waals surface area (Å²) >= 11 is 0. The molecular formula is C12H17N4. The van der Waals surface area contributed by atoms with E-state index in [1.165, 1.54) is 31.4 Å². The van der Waals surface area contributed by atoms with Crippen LogP contribution in [0, 0.1) is 6.33 Å². The normalized spacial score (nSPS) is 20.8. The Bertz CT molecular complexity index is 319. The number of hydrogen-bond donors (Lipinski definition) is 0. The van der Waals surface area contributed by atoms with E-state index in [1.54, 1.807) is 0 Å². The fourth-order valence-corrected chi connectivity index (χ4v) is 2.62. The third-order valence-electron chi connectivity index (χ3n) is 3.48. The molecule has 1 aromatic rings. The SMILES string of the molecule is [c]1ncc(N2CCCC2)c(N2CCCC2)n1. The average molecular weight is 217 g/mol. The van der Waals surface area contributed by atoms with Crippen molar-refractivity contribution in [1.82, 2.24) is 9.97 Å². The molecule has 2 saturated heterocycles. The second kappa shape index (κ2) is 4.28. The highest BCUT2D eigenvalue weighted by Crippen LogP contribution is 2.30. The molecule has 2 fully saturated rings. The van der Waals surface area contributed by atoms with Crippen LogP contribution < -0.4 is 9.80 Å². The molecule has 2 aliphatic rings. The Hall–Kier alpha value is -1.32. The minimum Gasteiger partial charge on any atom is -0.367 e. The van der Waals surface area contributed by atoms with Crippen molar-refractivity contribution in [1.29, 1.82) is 0 Å². The Kier molecular flexibility index (Phi) is 2.64. The summed E-state index contributed by atoms with van der Waals surface area (Å²) in [7, 11) is 0. The molecule has 0 aliphatic carbocycles. The van der Waals surface area contributed by atoms with Crippen molar-refractivity contribution in [3.8, 4) is 0 Å². The quantitative estimate of drug-likeness (QED) is 0.751. The van der Waals surface area contributed by atoms with Gasteiger partial charge in [0.2, 0.25) is 0 Å². The van der Waals surface area contributed by atoms with Crippen molar-refractivity contribution in [3.05, 3.63) is 12.5 Å². The van der Waals surface area contributed by atoms with Crippen molar-refractivity contribution in [2.45, 2.75) is 25.7 Å². The van der Waals surface area contributed by atoms with Crippen LogP contribution in [0.3, 0.4) is 0 Å². The summed E-state index contributed by atoms with van der Waals surface area (Å²) in [5.74, 6) is 1.09. The van der Waals surface area contributed by atoms with Gasteiger partial charge in [0.05, 0.1) is 11.9 Å². The van der Waals surface area contributed by atoms with E-state index in [4.69, 9.17) is 0 Å². The molecule has 0 unspecified atom stereocenters. The van der Waals surface area contributed by atoms with Crippen molar-refractivity contribution in [3.63, 3.8) is 0 Å². The Labute approximate surface area is 96.3 Å². The summed E-state index contributed by atoms with van der Waals surface area (Å²) in [4.78, 5) is 13.2. The first-order chi connectivity index (χ1) is 7.95. The molecule has 85 valence electrons. The summed E-state index contributed by atoms with van der Waals surface area (Å²) < 4.78 is 0. The molecule has 0 atom stereocenters. The lowest BCUT2D eigenvalue weighted by molar-refractivity contribution is 0.888. The van der Waals surface area contributed by atoms with Crippen molar-refractivity contribution in [2.24, 2.45) is 0 Å². The average Bonchev–Trinajstić information content (AvgIpc) is 3.03. The minimum absolute atomic E-state index is 1.09. The molecule has 4 heteroatoms. The molecule has 4 nitrogen and oxygen atoms in total. The highest BCUT2D eigenvalue weighted by atomic mass is 15.3. The summed E-state index contributed by atoms with van der Waals surface area (Å²) in [5, 5.41) is 0. The van der Waals surface area contributed by atoms with Gasteiger partial charge in [-0.2, -0.15) is 0 Å². The fraction of sp³-hybridized carbons (Fsp3) is 0.667. The molecule has 1 radical (unpaired) electrons. The summed E-state index contributed by atoms with van der Waals surface area (Å²) in [6, 6.07) is 0. The first-order valence-electron chi connectivity index (χ1n) is 6.18. The van der Waals surface area contributed by atoms with Gasteiger partial charge in [0.1, 0.15) is 0 Å². The highest BCUT2D eigenvalue weighted by molar-refractivity contribution is 5.66. The number of rotatable bonds is 2. The van der Waals surface area contributed by atoms with Gasteiger partial charge in [-0.25, -0.2) is 9.97 Å². The molecule has 3 heterocycles. The Morgan fingerprint density at radius 3 is 2.25 bits per heavy atom. The van der Waals surface area contributed by atoms with E-state index in [0.717, 1.165) is 32.0 Å². The van der Waals surface area contributed by atoms with Crippen LogP contribution in [-0.4, -0.2) is 36.1 Å². The smallest absolute Gasteiger partial charge is 0.199 e. The van der Waals surface area contributed by atoms with Gasteiger partial charge in [-0.1, -0.05) is 0 Å². The monoisotopic (exact) mass is 217 g/mol. The molecule has 1 aromatic heterocycles. The predicted molar refractivity (Wildman–Crippen MR) is 63.8 cm³/mol. The van der Waals surface area contributed by atoms with Crippen LogP contribution in [0.1, 0.15) is 25.7 Å². The van der Waals surface area contributed by atoms with Crippen LogP contribution in [0.25, 0.3) is 0 Å². The topological polar surface area (TPSA) is 32.3 Å². The minimum atomic E-state index is 1.09. The third-order valence-corrected chi connectivity index (χ3v) is 3.48. The Morgan fingerprint density at radius 1 is 0.938 bits per heavy atom. The lowest BCUT2D eigenvalue weighted by atomic mass is 10.4. The maximum atomic E-state index is 4.35. The molecule has 3 rings (SSSR count). The second-order valence-electron chi connectivity index (χ2n) is 4.57. The van der Waals surface area contributed by atoms with E-state index < -0.39 is 0 Å². The predicted octanol–water partition coefficient (Wildman–Crippen LogP) is 1.48. The van der Waals surface area contributed by atoms with Crippen molar-refractivity contribution >= 4 is 11.5 Å². The molecule has 0 aromatic carbocycles. The zero-order chi connectivity index (χ0) is 10.8. The summed E-state index contributed by atoms with van der Waals surface area (Å²) in [5.41, 5.74) is 1.21. The van der Waals surface area contributed by atoms with Crippen LogP contribution in [0.5, 0.6) is 0 Å². The van der Waals surface area contributed by atoms with Gasteiger partial charge in [-0.05, 0) is 25.7 Å². The number of hydrogen-bond acceptors (Lipinski definition) is 4. The second-order valence-corrected chi connectivity index (χ2v) is 4.57. The molecule has 0 bridgehead atoms. The van der Waals surface area contributed by atoms with Gasteiger partial charge in [-0.3, -0.25) is 0 Å².